The predicted molar refractivity (Wildman–Crippen MR) is 79.3 cm³/mol. The molecule has 2 N–H and O–H groups in total. The van der Waals surface area contributed by atoms with Crippen LogP contribution in [0.2, 0.25) is 0 Å². The first-order chi connectivity index (χ1) is 9.69. The van der Waals surface area contributed by atoms with Crippen molar-refractivity contribution in [2.75, 3.05) is 5.32 Å². The molecule has 2 rings (SSSR count). The van der Waals surface area contributed by atoms with E-state index in [1.165, 1.54) is 6.42 Å². The van der Waals surface area contributed by atoms with Crippen LogP contribution in [-0.4, -0.2) is 12.1 Å². The van der Waals surface area contributed by atoms with Crippen LogP contribution in [0.3, 0.4) is 0 Å². The molecule has 1 aliphatic carbocycles. The molecule has 20 heavy (non-hydrogen) atoms. The van der Waals surface area contributed by atoms with Crippen LogP contribution in [0, 0.1) is 24.2 Å². The molecule has 0 saturated heterocycles. The number of aryl methyl sites for hydroxylation is 1. The van der Waals surface area contributed by atoms with Gasteiger partial charge in [-0.15, -0.1) is 0 Å². The molecule has 1 aromatic carbocycles. The summed E-state index contributed by atoms with van der Waals surface area (Å²) in [5.74, 6) is 0.289. The molecule has 1 fully saturated rings. The molecule has 1 saturated carbocycles. The van der Waals surface area contributed by atoms with Crippen LogP contribution < -0.4 is 10.6 Å². The predicted octanol–water partition coefficient (Wildman–Crippen LogP) is 3.59. The highest BCUT2D eigenvalue weighted by molar-refractivity contribution is 5.89. The number of nitriles is 1. The Bertz CT molecular complexity index is 501. The average molecular weight is 271 g/mol. The van der Waals surface area contributed by atoms with Gasteiger partial charge in [-0.05, 0) is 43.4 Å². The molecule has 0 radical (unpaired) electrons. The summed E-state index contributed by atoms with van der Waals surface area (Å²) in [7, 11) is 0. The Morgan fingerprint density at radius 2 is 2.10 bits per heavy atom. The van der Waals surface area contributed by atoms with E-state index in [9.17, 15) is 10.1 Å². The first-order valence-corrected chi connectivity index (χ1v) is 7.23. The van der Waals surface area contributed by atoms with Gasteiger partial charge in [0.25, 0.3) is 0 Å². The van der Waals surface area contributed by atoms with Gasteiger partial charge in [0.1, 0.15) is 6.04 Å². The van der Waals surface area contributed by atoms with Gasteiger partial charge in [-0.25, -0.2) is 4.79 Å². The summed E-state index contributed by atoms with van der Waals surface area (Å²) >= 11 is 0. The first-order valence-electron chi connectivity index (χ1n) is 7.23. The lowest BCUT2D eigenvalue weighted by atomic mass is 9.84. The molecule has 0 spiro atoms. The van der Waals surface area contributed by atoms with Gasteiger partial charge in [-0.1, -0.05) is 31.4 Å². The zero-order chi connectivity index (χ0) is 14.4. The van der Waals surface area contributed by atoms with E-state index >= 15 is 0 Å². The molecular weight excluding hydrogens is 250 g/mol. The maximum Gasteiger partial charge on any atom is 0.320 e. The third kappa shape index (κ3) is 3.99. The molecule has 1 unspecified atom stereocenters. The normalized spacial score (nSPS) is 17.0. The molecule has 1 aromatic rings. The van der Waals surface area contributed by atoms with Crippen molar-refractivity contribution in [1.82, 2.24) is 5.32 Å². The third-order valence-electron chi connectivity index (χ3n) is 3.82. The molecule has 106 valence electrons. The van der Waals surface area contributed by atoms with E-state index in [-0.39, 0.29) is 18.0 Å². The number of hydrogen-bond donors (Lipinski definition) is 2. The largest absolute Gasteiger partial charge is 0.322 e. The minimum atomic E-state index is -0.389. The first kappa shape index (κ1) is 14.4. The molecule has 0 bridgehead atoms. The Labute approximate surface area is 120 Å². The van der Waals surface area contributed by atoms with Crippen molar-refractivity contribution in [2.24, 2.45) is 5.92 Å². The minimum absolute atomic E-state index is 0.289. The highest BCUT2D eigenvalue weighted by Gasteiger charge is 2.24. The van der Waals surface area contributed by atoms with Crippen LogP contribution in [0.4, 0.5) is 10.5 Å². The Hall–Kier alpha value is -2.02. The second-order valence-electron chi connectivity index (χ2n) is 5.47. The molecule has 1 aliphatic rings. The topological polar surface area (TPSA) is 64.9 Å². The molecule has 2 amide bonds. The van der Waals surface area contributed by atoms with Crippen LogP contribution >= 0.6 is 0 Å². The lowest BCUT2D eigenvalue weighted by Crippen LogP contribution is -2.42. The van der Waals surface area contributed by atoms with Crippen molar-refractivity contribution < 1.29 is 4.79 Å². The second-order valence-corrected chi connectivity index (χ2v) is 5.47. The van der Waals surface area contributed by atoms with E-state index in [2.05, 4.69) is 16.7 Å². The van der Waals surface area contributed by atoms with Gasteiger partial charge in [0.05, 0.1) is 6.07 Å². The summed E-state index contributed by atoms with van der Waals surface area (Å²) in [5, 5.41) is 14.8. The summed E-state index contributed by atoms with van der Waals surface area (Å²) in [5.41, 5.74) is 1.84. The number of benzene rings is 1. The van der Waals surface area contributed by atoms with Gasteiger partial charge >= 0.3 is 6.03 Å². The standard InChI is InChI=1S/C16H21N3O/c1-12-6-5-9-14(10-12)18-16(20)19-15(11-17)13-7-3-2-4-8-13/h5-6,9-10,13,15H,2-4,7-8H2,1H3,(H2,18,19,20). The summed E-state index contributed by atoms with van der Waals surface area (Å²) in [4.78, 5) is 12.0. The van der Waals surface area contributed by atoms with Crippen molar-refractivity contribution in [3.8, 4) is 6.07 Å². The monoisotopic (exact) mass is 271 g/mol. The average Bonchev–Trinajstić information content (AvgIpc) is 2.45. The van der Waals surface area contributed by atoms with E-state index in [1.54, 1.807) is 0 Å². The minimum Gasteiger partial charge on any atom is -0.322 e. The number of carbonyl (C=O) groups excluding carboxylic acids is 1. The fourth-order valence-electron chi connectivity index (χ4n) is 2.75. The molecule has 1 atom stereocenters. The van der Waals surface area contributed by atoms with E-state index in [4.69, 9.17) is 0 Å². The molecule has 4 nitrogen and oxygen atoms in total. The number of rotatable bonds is 3. The zero-order valence-electron chi connectivity index (χ0n) is 11.9. The Morgan fingerprint density at radius 1 is 1.35 bits per heavy atom. The van der Waals surface area contributed by atoms with Gasteiger partial charge in [0.15, 0.2) is 0 Å². The fourth-order valence-corrected chi connectivity index (χ4v) is 2.75. The second kappa shape index (κ2) is 6.95. The number of anilines is 1. The fraction of sp³-hybridized carbons (Fsp3) is 0.500. The maximum absolute atomic E-state index is 12.0. The number of hydrogen-bond acceptors (Lipinski definition) is 2. The van der Waals surface area contributed by atoms with Gasteiger partial charge in [0, 0.05) is 5.69 Å². The van der Waals surface area contributed by atoms with Gasteiger partial charge < -0.3 is 10.6 Å². The lowest BCUT2D eigenvalue weighted by molar-refractivity contribution is 0.241. The number of urea groups is 1. The summed E-state index contributed by atoms with van der Waals surface area (Å²) in [6, 6.07) is 9.16. The van der Waals surface area contributed by atoms with Crippen molar-refractivity contribution >= 4 is 11.7 Å². The third-order valence-corrected chi connectivity index (χ3v) is 3.82. The molecule has 4 heteroatoms. The summed E-state index contributed by atoms with van der Waals surface area (Å²) in [6.45, 7) is 1.98. The van der Waals surface area contributed by atoms with Gasteiger partial charge in [-0.2, -0.15) is 5.26 Å². The van der Waals surface area contributed by atoms with Gasteiger partial charge in [0.2, 0.25) is 0 Å². The van der Waals surface area contributed by atoms with Crippen LogP contribution in [0.25, 0.3) is 0 Å². The van der Waals surface area contributed by atoms with Crippen molar-refractivity contribution in [3.05, 3.63) is 29.8 Å². The molecule has 0 aromatic heterocycles. The Morgan fingerprint density at radius 3 is 2.75 bits per heavy atom. The highest BCUT2D eigenvalue weighted by Crippen LogP contribution is 2.26. The van der Waals surface area contributed by atoms with Crippen LogP contribution in [0.15, 0.2) is 24.3 Å². The highest BCUT2D eigenvalue weighted by atomic mass is 16.2. The number of nitrogens with zero attached hydrogens (tertiary/aromatic N) is 1. The molecular formula is C16H21N3O. The van der Waals surface area contributed by atoms with Crippen LogP contribution in [0.1, 0.15) is 37.7 Å². The zero-order valence-corrected chi connectivity index (χ0v) is 11.9. The quantitative estimate of drug-likeness (QED) is 0.882. The number of carbonyl (C=O) groups is 1. The van der Waals surface area contributed by atoms with E-state index in [1.807, 2.05) is 31.2 Å². The summed E-state index contributed by atoms with van der Waals surface area (Å²) in [6.07, 6.45) is 5.62. The van der Waals surface area contributed by atoms with Crippen molar-refractivity contribution in [2.45, 2.75) is 45.1 Å². The number of nitrogens with one attached hydrogen (secondary N) is 2. The molecule has 0 aliphatic heterocycles. The SMILES string of the molecule is Cc1cccc(NC(=O)NC(C#N)C2CCCCC2)c1. The Kier molecular flexibility index (Phi) is 5.00. The maximum atomic E-state index is 12.0. The van der Waals surface area contributed by atoms with Crippen molar-refractivity contribution in [3.63, 3.8) is 0 Å². The van der Waals surface area contributed by atoms with Crippen LogP contribution in [-0.2, 0) is 0 Å². The van der Waals surface area contributed by atoms with E-state index in [0.717, 1.165) is 36.9 Å². The summed E-state index contributed by atoms with van der Waals surface area (Å²) < 4.78 is 0. The lowest BCUT2D eigenvalue weighted by Gasteiger charge is -2.26. The molecule has 0 heterocycles. The van der Waals surface area contributed by atoms with E-state index < -0.39 is 0 Å². The van der Waals surface area contributed by atoms with Gasteiger partial charge in [-0.3, -0.25) is 0 Å². The smallest absolute Gasteiger partial charge is 0.320 e. The van der Waals surface area contributed by atoms with E-state index in [0.29, 0.717) is 0 Å². The Balaban J connectivity index is 1.90. The van der Waals surface area contributed by atoms with Crippen molar-refractivity contribution in [1.29, 1.82) is 5.26 Å². The van der Waals surface area contributed by atoms with Crippen LogP contribution in [0.5, 0.6) is 0 Å². The number of amides is 2.